The average Bonchev–Trinajstić information content (AvgIpc) is 2.26. The fraction of sp³-hybridized carbons (Fsp3) is 0.571. The van der Waals surface area contributed by atoms with Gasteiger partial charge in [-0.25, -0.2) is 0 Å². The first-order valence-corrected chi connectivity index (χ1v) is 5.42. The Bertz CT molecular complexity index is 306. The van der Waals surface area contributed by atoms with E-state index >= 15 is 0 Å². The molecule has 84 valence electrons. The molecule has 0 amide bonds. The molecule has 0 saturated heterocycles. The van der Waals surface area contributed by atoms with Gasteiger partial charge in [-0.2, -0.15) is 15.0 Å². The number of nitrogens with zero attached hydrogens (tertiary/aromatic N) is 5. The third kappa shape index (κ3) is 3.22. The molecule has 0 fully saturated rings. The molecule has 0 aliphatic heterocycles. The van der Waals surface area contributed by atoms with Gasteiger partial charge in [0.1, 0.15) is 0 Å². The summed E-state index contributed by atoms with van der Waals surface area (Å²) in [6.07, 6.45) is 0. The summed E-state index contributed by atoms with van der Waals surface area (Å²) in [5.74, 6) is 0.571. The van der Waals surface area contributed by atoms with Crippen molar-refractivity contribution in [2.75, 3.05) is 21.9 Å². The first-order valence-electron chi connectivity index (χ1n) is 4.36. The normalized spacial score (nSPS) is 10.2. The van der Waals surface area contributed by atoms with E-state index < -0.39 is 0 Å². The van der Waals surface area contributed by atoms with Gasteiger partial charge in [-0.1, -0.05) is 0 Å². The lowest BCUT2D eigenvalue weighted by molar-refractivity contribution is 0.929. The van der Waals surface area contributed by atoms with Crippen molar-refractivity contribution in [2.24, 2.45) is 0 Å². The summed E-state index contributed by atoms with van der Waals surface area (Å²) in [6.45, 7) is 4.83. The molecule has 0 aliphatic rings. The van der Waals surface area contributed by atoms with Crippen LogP contribution in [-0.2, 0) is 0 Å². The smallest absolute Gasteiger partial charge is 0.246 e. The zero-order valence-electron chi connectivity index (χ0n) is 8.28. The van der Waals surface area contributed by atoms with Gasteiger partial charge in [-0.3, -0.25) is 8.84 Å². The summed E-state index contributed by atoms with van der Waals surface area (Å²) >= 11 is 17.4. The van der Waals surface area contributed by atoms with Crippen LogP contribution < -0.4 is 8.84 Å². The second-order valence-corrected chi connectivity index (χ2v) is 3.72. The molecule has 0 N–H and O–H groups in total. The second kappa shape index (κ2) is 5.53. The predicted molar refractivity (Wildman–Crippen MR) is 62.6 cm³/mol. The van der Waals surface area contributed by atoms with E-state index in [1.807, 2.05) is 13.8 Å². The van der Waals surface area contributed by atoms with Crippen LogP contribution in [0.1, 0.15) is 13.8 Å². The van der Waals surface area contributed by atoms with Gasteiger partial charge in [0.25, 0.3) is 0 Å². The first-order chi connectivity index (χ1) is 7.08. The van der Waals surface area contributed by atoms with Gasteiger partial charge in [0.2, 0.25) is 17.2 Å². The van der Waals surface area contributed by atoms with Crippen molar-refractivity contribution in [3.63, 3.8) is 0 Å². The number of rotatable bonds is 4. The Labute approximate surface area is 103 Å². The van der Waals surface area contributed by atoms with Crippen LogP contribution in [-0.4, -0.2) is 28.0 Å². The van der Waals surface area contributed by atoms with E-state index in [4.69, 9.17) is 35.2 Å². The molecule has 1 heterocycles. The van der Waals surface area contributed by atoms with Crippen LogP contribution in [0.25, 0.3) is 0 Å². The maximum atomic E-state index is 5.84. The Balaban J connectivity index is 3.04. The van der Waals surface area contributed by atoms with Crippen molar-refractivity contribution in [1.82, 2.24) is 15.0 Å². The number of anilines is 2. The van der Waals surface area contributed by atoms with Crippen LogP contribution in [0.15, 0.2) is 0 Å². The third-order valence-electron chi connectivity index (χ3n) is 1.57. The van der Waals surface area contributed by atoms with Gasteiger partial charge in [-0.05, 0) is 25.4 Å². The van der Waals surface area contributed by atoms with E-state index in [0.29, 0.717) is 13.1 Å². The number of halogens is 3. The number of hydrogen-bond acceptors (Lipinski definition) is 5. The van der Waals surface area contributed by atoms with Crippen molar-refractivity contribution in [3.8, 4) is 0 Å². The summed E-state index contributed by atoms with van der Waals surface area (Å²) in [5, 5.41) is 0.0631. The molecule has 15 heavy (non-hydrogen) atoms. The molecule has 8 heteroatoms. The quantitative estimate of drug-likeness (QED) is 0.787. The van der Waals surface area contributed by atoms with Gasteiger partial charge in [0.05, 0.1) is 0 Å². The number of aromatic nitrogens is 3. The number of hydrogen-bond donors (Lipinski definition) is 0. The highest BCUT2D eigenvalue weighted by Crippen LogP contribution is 2.18. The molecule has 0 spiro atoms. The molecule has 0 bridgehead atoms. The highest BCUT2D eigenvalue weighted by atomic mass is 35.5. The monoisotopic (exact) mass is 269 g/mol. The lowest BCUT2D eigenvalue weighted by Gasteiger charge is -2.14. The summed E-state index contributed by atoms with van der Waals surface area (Å²) in [5.41, 5.74) is 0. The first kappa shape index (κ1) is 12.5. The molecular weight excluding hydrogens is 260 g/mol. The molecule has 1 aromatic rings. The molecular formula is C7H10Cl3N5. The van der Waals surface area contributed by atoms with Crippen LogP contribution in [0.5, 0.6) is 0 Å². The molecule has 0 unspecified atom stereocenters. The SMILES string of the molecule is CCN(Cl)c1nc(Cl)nc(N(Cl)CC)n1. The van der Waals surface area contributed by atoms with Crippen LogP contribution in [0.2, 0.25) is 5.28 Å². The minimum absolute atomic E-state index is 0.0631. The fourth-order valence-electron chi connectivity index (χ4n) is 0.829. The fourth-order valence-corrected chi connectivity index (χ4v) is 1.13. The molecule has 5 nitrogen and oxygen atoms in total. The Morgan fingerprint density at radius 3 is 1.67 bits per heavy atom. The van der Waals surface area contributed by atoms with Gasteiger partial charge in [0, 0.05) is 36.6 Å². The zero-order chi connectivity index (χ0) is 11.4. The lowest BCUT2D eigenvalue weighted by Crippen LogP contribution is -2.17. The van der Waals surface area contributed by atoms with Gasteiger partial charge >= 0.3 is 0 Å². The van der Waals surface area contributed by atoms with E-state index in [-0.39, 0.29) is 17.2 Å². The van der Waals surface area contributed by atoms with E-state index in [1.165, 1.54) is 8.84 Å². The Kier molecular flexibility index (Phi) is 4.63. The third-order valence-corrected chi connectivity index (χ3v) is 2.52. The highest BCUT2D eigenvalue weighted by molar-refractivity contribution is 6.29. The Morgan fingerprint density at radius 2 is 1.33 bits per heavy atom. The second-order valence-electron chi connectivity index (χ2n) is 2.56. The largest absolute Gasteiger partial charge is 0.253 e. The van der Waals surface area contributed by atoms with Gasteiger partial charge < -0.3 is 0 Å². The van der Waals surface area contributed by atoms with Crippen LogP contribution in [0.3, 0.4) is 0 Å². The topological polar surface area (TPSA) is 45.2 Å². The van der Waals surface area contributed by atoms with Gasteiger partial charge in [-0.15, -0.1) is 0 Å². The van der Waals surface area contributed by atoms with E-state index in [1.54, 1.807) is 0 Å². The zero-order valence-corrected chi connectivity index (χ0v) is 10.6. The minimum Gasteiger partial charge on any atom is -0.253 e. The molecule has 0 aliphatic carbocycles. The van der Waals surface area contributed by atoms with Crippen LogP contribution in [0.4, 0.5) is 11.9 Å². The summed E-state index contributed by atoms with van der Waals surface area (Å²) in [4.78, 5) is 11.8. The Morgan fingerprint density at radius 1 is 0.933 bits per heavy atom. The van der Waals surface area contributed by atoms with Crippen molar-refractivity contribution >= 4 is 47.1 Å². The van der Waals surface area contributed by atoms with Crippen molar-refractivity contribution in [3.05, 3.63) is 5.28 Å². The Hall–Kier alpha value is -0.520. The summed E-state index contributed by atoms with van der Waals surface area (Å²) < 4.78 is 2.66. The maximum absolute atomic E-state index is 5.84. The molecule has 0 aromatic carbocycles. The standard InChI is InChI=1S/C7H10Cl3N5/c1-3-14(9)6-11-5(8)12-7(13-6)15(10)4-2/h3-4H2,1-2H3. The minimum atomic E-state index is 0.0631. The highest BCUT2D eigenvalue weighted by Gasteiger charge is 2.12. The van der Waals surface area contributed by atoms with Gasteiger partial charge in [0.15, 0.2) is 0 Å². The molecule has 0 radical (unpaired) electrons. The maximum Gasteiger partial charge on any atom is 0.246 e. The summed E-state index contributed by atoms with van der Waals surface area (Å²) in [7, 11) is 0. The van der Waals surface area contributed by atoms with E-state index in [9.17, 15) is 0 Å². The van der Waals surface area contributed by atoms with Crippen molar-refractivity contribution in [2.45, 2.75) is 13.8 Å². The molecule has 0 saturated carbocycles. The summed E-state index contributed by atoms with van der Waals surface area (Å²) in [6, 6.07) is 0. The van der Waals surface area contributed by atoms with E-state index in [0.717, 1.165) is 0 Å². The van der Waals surface area contributed by atoms with Crippen LogP contribution in [0, 0.1) is 0 Å². The van der Waals surface area contributed by atoms with E-state index in [2.05, 4.69) is 15.0 Å². The molecule has 1 aromatic heterocycles. The molecule has 1 rings (SSSR count). The predicted octanol–water partition coefficient (Wildman–Crippen LogP) is 2.49. The average molecular weight is 271 g/mol. The van der Waals surface area contributed by atoms with Crippen molar-refractivity contribution in [1.29, 1.82) is 0 Å². The molecule has 0 atom stereocenters. The van der Waals surface area contributed by atoms with Crippen LogP contribution >= 0.6 is 35.2 Å². The lowest BCUT2D eigenvalue weighted by atomic mass is 10.7. The van der Waals surface area contributed by atoms with Crippen molar-refractivity contribution < 1.29 is 0 Å².